The van der Waals surface area contributed by atoms with Gasteiger partial charge in [0.2, 0.25) is 0 Å². The largest absolute Gasteiger partial charge is 0.496 e. The molecule has 0 aliphatic rings. The molecule has 0 aliphatic carbocycles. The summed E-state index contributed by atoms with van der Waals surface area (Å²) in [6.45, 7) is 0.429. The van der Waals surface area contributed by atoms with E-state index in [4.69, 9.17) is 14.2 Å². The lowest BCUT2D eigenvalue weighted by molar-refractivity contribution is 0.221. The maximum atomic E-state index is 5.30. The van der Waals surface area contributed by atoms with Crippen LogP contribution in [0.25, 0.3) is 0 Å². The summed E-state index contributed by atoms with van der Waals surface area (Å²) in [7, 11) is 4.93. The van der Waals surface area contributed by atoms with Gasteiger partial charge in [-0.1, -0.05) is 0 Å². The highest BCUT2D eigenvalue weighted by Crippen LogP contribution is 2.37. The third kappa shape index (κ3) is 2.96. The smallest absolute Gasteiger partial charge is 0.143 e. The van der Waals surface area contributed by atoms with Gasteiger partial charge in [-0.3, -0.25) is 0 Å². The number of anilines is 1. The zero-order valence-corrected chi connectivity index (χ0v) is 10.8. The minimum atomic E-state index is 0.429. The highest BCUT2D eigenvalue weighted by molar-refractivity contribution is 7.98. The average molecular weight is 243 g/mol. The van der Waals surface area contributed by atoms with Crippen molar-refractivity contribution in [2.24, 2.45) is 0 Å². The van der Waals surface area contributed by atoms with E-state index in [0.29, 0.717) is 6.73 Å². The minimum Gasteiger partial charge on any atom is -0.496 e. The molecule has 4 nitrogen and oxygen atoms in total. The Morgan fingerprint density at radius 3 is 2.31 bits per heavy atom. The van der Waals surface area contributed by atoms with Gasteiger partial charge >= 0.3 is 0 Å². The van der Waals surface area contributed by atoms with E-state index in [9.17, 15) is 0 Å². The molecule has 5 heteroatoms. The summed E-state index contributed by atoms with van der Waals surface area (Å²) >= 11 is 1.62. The quantitative estimate of drug-likeness (QED) is 0.614. The first-order valence-corrected chi connectivity index (χ1v) is 6.02. The summed E-state index contributed by atoms with van der Waals surface area (Å²) < 4.78 is 15.6. The molecule has 0 spiro atoms. The molecule has 0 heterocycles. The first-order valence-electron chi connectivity index (χ1n) is 4.79. The topological polar surface area (TPSA) is 39.7 Å². The van der Waals surface area contributed by atoms with Crippen molar-refractivity contribution in [3.63, 3.8) is 0 Å². The molecule has 0 saturated carbocycles. The number of nitrogens with one attached hydrogen (secondary N) is 1. The van der Waals surface area contributed by atoms with Crippen molar-refractivity contribution >= 4 is 17.4 Å². The fourth-order valence-electron chi connectivity index (χ4n) is 1.32. The van der Waals surface area contributed by atoms with E-state index in [2.05, 4.69) is 5.32 Å². The summed E-state index contributed by atoms with van der Waals surface area (Å²) in [4.78, 5) is 1.04. The molecule has 0 aromatic heterocycles. The number of thioether (sulfide) groups is 1. The summed E-state index contributed by atoms with van der Waals surface area (Å²) in [5, 5.41) is 3.10. The molecular weight excluding hydrogens is 226 g/mol. The molecule has 90 valence electrons. The molecule has 1 aromatic carbocycles. The van der Waals surface area contributed by atoms with Gasteiger partial charge in [0.15, 0.2) is 0 Å². The molecule has 0 atom stereocenters. The second kappa shape index (κ2) is 6.50. The normalized spacial score (nSPS) is 10.0. The van der Waals surface area contributed by atoms with E-state index in [1.54, 1.807) is 33.1 Å². The molecule has 0 radical (unpaired) electrons. The van der Waals surface area contributed by atoms with Crippen LogP contribution in [0.2, 0.25) is 0 Å². The standard InChI is InChI=1S/C11H17NO3S/c1-13-7-12-8-5-10(15-3)11(16-4)6-9(8)14-2/h5-6,12H,7H2,1-4H3. The highest BCUT2D eigenvalue weighted by Gasteiger charge is 2.10. The number of hydrogen-bond acceptors (Lipinski definition) is 5. The van der Waals surface area contributed by atoms with Crippen LogP contribution in [0.3, 0.4) is 0 Å². The fraction of sp³-hybridized carbons (Fsp3) is 0.455. The van der Waals surface area contributed by atoms with Crippen LogP contribution in [0, 0.1) is 0 Å². The second-order valence-corrected chi connectivity index (χ2v) is 3.87. The first kappa shape index (κ1) is 13.0. The Hall–Kier alpha value is -1.07. The predicted octanol–water partition coefficient (Wildman–Crippen LogP) is 2.44. The van der Waals surface area contributed by atoms with E-state index in [0.717, 1.165) is 22.1 Å². The summed E-state index contributed by atoms with van der Waals surface area (Å²) in [5.41, 5.74) is 0.860. The van der Waals surface area contributed by atoms with E-state index in [-0.39, 0.29) is 0 Å². The van der Waals surface area contributed by atoms with Crippen molar-refractivity contribution < 1.29 is 14.2 Å². The van der Waals surface area contributed by atoms with Gasteiger partial charge in [-0.05, 0) is 12.3 Å². The molecule has 1 N–H and O–H groups in total. The maximum absolute atomic E-state index is 5.30. The summed E-state index contributed by atoms with van der Waals surface area (Å²) in [6.07, 6.45) is 2.00. The number of ether oxygens (including phenoxy) is 3. The Morgan fingerprint density at radius 1 is 1.12 bits per heavy atom. The minimum absolute atomic E-state index is 0.429. The molecule has 16 heavy (non-hydrogen) atoms. The number of rotatable bonds is 6. The Kier molecular flexibility index (Phi) is 5.28. The van der Waals surface area contributed by atoms with Crippen molar-refractivity contribution in [1.82, 2.24) is 0 Å². The zero-order chi connectivity index (χ0) is 12.0. The Labute approximate surface area is 100 Å². The summed E-state index contributed by atoms with van der Waals surface area (Å²) in [5.74, 6) is 1.61. The van der Waals surface area contributed by atoms with Gasteiger partial charge in [-0.25, -0.2) is 0 Å². The van der Waals surface area contributed by atoms with Crippen LogP contribution in [0.4, 0.5) is 5.69 Å². The van der Waals surface area contributed by atoms with Gasteiger partial charge in [0.05, 0.1) is 24.8 Å². The fourth-order valence-corrected chi connectivity index (χ4v) is 1.89. The van der Waals surface area contributed by atoms with Gasteiger partial charge < -0.3 is 19.5 Å². The SMILES string of the molecule is COCNc1cc(OC)c(SC)cc1OC. The van der Waals surface area contributed by atoms with Crippen LogP contribution in [0.5, 0.6) is 11.5 Å². The lowest BCUT2D eigenvalue weighted by atomic mass is 10.2. The van der Waals surface area contributed by atoms with Gasteiger partial charge in [0.25, 0.3) is 0 Å². The lowest BCUT2D eigenvalue weighted by Gasteiger charge is -2.14. The average Bonchev–Trinajstić information content (AvgIpc) is 2.35. The van der Waals surface area contributed by atoms with Crippen LogP contribution in [-0.4, -0.2) is 34.3 Å². The van der Waals surface area contributed by atoms with Crippen LogP contribution in [0.15, 0.2) is 17.0 Å². The lowest BCUT2D eigenvalue weighted by Crippen LogP contribution is -2.05. The first-order chi connectivity index (χ1) is 7.76. The van der Waals surface area contributed by atoms with Crippen LogP contribution in [0.1, 0.15) is 0 Å². The molecule has 0 unspecified atom stereocenters. The van der Waals surface area contributed by atoms with Crippen molar-refractivity contribution in [3.8, 4) is 11.5 Å². The summed E-state index contributed by atoms with van der Waals surface area (Å²) in [6, 6.07) is 3.85. The van der Waals surface area contributed by atoms with Crippen LogP contribution in [-0.2, 0) is 4.74 Å². The zero-order valence-electron chi connectivity index (χ0n) is 9.99. The second-order valence-electron chi connectivity index (χ2n) is 3.02. The predicted molar refractivity (Wildman–Crippen MR) is 66.8 cm³/mol. The molecule has 0 amide bonds. The maximum Gasteiger partial charge on any atom is 0.143 e. The van der Waals surface area contributed by atoms with Gasteiger partial charge in [-0.15, -0.1) is 11.8 Å². The highest BCUT2D eigenvalue weighted by atomic mass is 32.2. The van der Waals surface area contributed by atoms with Crippen molar-refractivity contribution in [1.29, 1.82) is 0 Å². The molecule has 0 bridgehead atoms. The monoisotopic (exact) mass is 243 g/mol. The van der Waals surface area contributed by atoms with E-state index in [1.165, 1.54) is 0 Å². The van der Waals surface area contributed by atoms with Crippen LogP contribution >= 0.6 is 11.8 Å². The molecule has 0 aliphatic heterocycles. The Bertz CT molecular complexity index is 344. The number of methoxy groups -OCH3 is 3. The van der Waals surface area contributed by atoms with Crippen molar-refractivity contribution in [3.05, 3.63) is 12.1 Å². The molecular formula is C11H17NO3S. The van der Waals surface area contributed by atoms with Gasteiger partial charge in [0.1, 0.15) is 18.2 Å². The van der Waals surface area contributed by atoms with E-state index < -0.39 is 0 Å². The molecule has 1 aromatic rings. The molecule has 1 rings (SSSR count). The Morgan fingerprint density at radius 2 is 1.81 bits per heavy atom. The van der Waals surface area contributed by atoms with Gasteiger partial charge in [0, 0.05) is 13.2 Å². The number of hydrogen-bond donors (Lipinski definition) is 1. The van der Waals surface area contributed by atoms with Crippen molar-refractivity contribution in [2.75, 3.05) is 39.6 Å². The third-order valence-electron chi connectivity index (χ3n) is 2.11. The van der Waals surface area contributed by atoms with Crippen LogP contribution < -0.4 is 14.8 Å². The van der Waals surface area contributed by atoms with Gasteiger partial charge in [-0.2, -0.15) is 0 Å². The number of benzene rings is 1. The van der Waals surface area contributed by atoms with E-state index in [1.807, 2.05) is 18.4 Å². The van der Waals surface area contributed by atoms with E-state index >= 15 is 0 Å². The molecule has 0 saturated heterocycles. The van der Waals surface area contributed by atoms with Crippen molar-refractivity contribution in [2.45, 2.75) is 4.90 Å². The third-order valence-corrected chi connectivity index (χ3v) is 2.87. The molecule has 0 fully saturated rings. The Balaban J connectivity index is 3.05.